The van der Waals surface area contributed by atoms with Crippen LogP contribution in [0.4, 0.5) is 11.6 Å². The van der Waals surface area contributed by atoms with E-state index in [9.17, 15) is 0 Å². The fourth-order valence-electron chi connectivity index (χ4n) is 3.78. The van der Waals surface area contributed by atoms with Crippen LogP contribution >= 0.6 is 0 Å². The Labute approximate surface area is 173 Å². The smallest absolute Gasteiger partial charge is 0.134 e. The summed E-state index contributed by atoms with van der Waals surface area (Å²) in [5.74, 6) is 2.72. The normalized spacial score (nSPS) is 14.8. The third-order valence-corrected chi connectivity index (χ3v) is 5.49. The number of piperazine rings is 1. The molecular formula is C24H29N5. The Morgan fingerprint density at radius 1 is 0.862 bits per heavy atom. The molecule has 2 heterocycles. The number of aryl methyl sites for hydroxylation is 2. The van der Waals surface area contributed by atoms with Crippen molar-refractivity contribution in [1.82, 2.24) is 14.9 Å². The number of nitrogens with one attached hydrogen (secondary N) is 1. The van der Waals surface area contributed by atoms with Crippen molar-refractivity contribution >= 4 is 11.6 Å². The predicted octanol–water partition coefficient (Wildman–Crippen LogP) is 4.03. The first-order valence-corrected chi connectivity index (χ1v) is 10.3. The highest BCUT2D eigenvalue weighted by Gasteiger charge is 2.19. The highest BCUT2D eigenvalue weighted by Crippen LogP contribution is 2.19. The first-order valence-electron chi connectivity index (χ1n) is 10.3. The fraction of sp³-hybridized carbons (Fsp3) is 0.333. The largest absolute Gasteiger partial charge is 0.366 e. The van der Waals surface area contributed by atoms with Crippen LogP contribution in [0.3, 0.4) is 0 Å². The molecule has 0 saturated carbocycles. The fourth-order valence-corrected chi connectivity index (χ4v) is 3.78. The van der Waals surface area contributed by atoms with Crippen molar-refractivity contribution in [3.8, 4) is 0 Å². The number of hydrogen-bond acceptors (Lipinski definition) is 5. The SMILES string of the molecule is Cc1nc(NCc2ccccc2C)cc(N2CCN(Cc3ccccc3)CC2)n1. The Hall–Kier alpha value is -2.92. The number of aromatic nitrogens is 2. The van der Waals surface area contributed by atoms with E-state index >= 15 is 0 Å². The quantitative estimate of drug-likeness (QED) is 0.692. The summed E-state index contributed by atoms with van der Waals surface area (Å²) < 4.78 is 0. The van der Waals surface area contributed by atoms with E-state index in [2.05, 4.69) is 87.7 Å². The van der Waals surface area contributed by atoms with Crippen LogP contribution in [-0.2, 0) is 13.1 Å². The molecule has 0 spiro atoms. The number of nitrogens with zero attached hydrogens (tertiary/aromatic N) is 4. The van der Waals surface area contributed by atoms with Gasteiger partial charge in [0.05, 0.1) is 0 Å². The van der Waals surface area contributed by atoms with Gasteiger partial charge < -0.3 is 10.2 Å². The van der Waals surface area contributed by atoms with E-state index in [0.29, 0.717) is 0 Å². The lowest BCUT2D eigenvalue weighted by Crippen LogP contribution is -2.46. The van der Waals surface area contributed by atoms with E-state index in [1.165, 1.54) is 16.7 Å². The first kappa shape index (κ1) is 19.4. The molecule has 3 aromatic rings. The molecule has 5 heteroatoms. The second-order valence-electron chi connectivity index (χ2n) is 7.69. The zero-order chi connectivity index (χ0) is 20.1. The predicted molar refractivity (Wildman–Crippen MR) is 119 cm³/mol. The van der Waals surface area contributed by atoms with Gasteiger partial charge in [-0.1, -0.05) is 54.6 Å². The molecule has 4 rings (SSSR count). The zero-order valence-corrected chi connectivity index (χ0v) is 17.3. The van der Waals surface area contributed by atoms with E-state index in [1.807, 2.05) is 6.92 Å². The lowest BCUT2D eigenvalue weighted by atomic mass is 10.1. The first-order chi connectivity index (χ1) is 14.2. The van der Waals surface area contributed by atoms with Gasteiger partial charge in [0.1, 0.15) is 17.5 Å². The molecule has 1 aromatic heterocycles. The molecule has 1 N–H and O–H groups in total. The monoisotopic (exact) mass is 387 g/mol. The van der Waals surface area contributed by atoms with Crippen LogP contribution in [0, 0.1) is 13.8 Å². The molecule has 5 nitrogen and oxygen atoms in total. The van der Waals surface area contributed by atoms with Gasteiger partial charge in [-0.25, -0.2) is 9.97 Å². The Balaban J connectivity index is 1.37. The molecular weight excluding hydrogens is 358 g/mol. The van der Waals surface area contributed by atoms with Crippen LogP contribution in [0.2, 0.25) is 0 Å². The zero-order valence-electron chi connectivity index (χ0n) is 17.3. The Bertz CT molecular complexity index is 933. The molecule has 2 aromatic carbocycles. The van der Waals surface area contributed by atoms with Crippen LogP contribution < -0.4 is 10.2 Å². The molecule has 0 radical (unpaired) electrons. The van der Waals surface area contributed by atoms with E-state index in [1.54, 1.807) is 0 Å². The maximum atomic E-state index is 4.70. The second-order valence-corrected chi connectivity index (χ2v) is 7.69. The molecule has 0 bridgehead atoms. The number of rotatable bonds is 6. The third-order valence-electron chi connectivity index (χ3n) is 5.49. The minimum absolute atomic E-state index is 0.771. The molecule has 1 aliphatic rings. The molecule has 0 aliphatic carbocycles. The minimum Gasteiger partial charge on any atom is -0.366 e. The molecule has 0 atom stereocenters. The standard InChI is InChI=1S/C24H29N5/c1-19-8-6-7-11-22(19)17-25-23-16-24(27-20(2)26-23)29-14-12-28(13-15-29)18-21-9-4-3-5-10-21/h3-11,16H,12-15,17-18H2,1-2H3,(H,25,26,27). The van der Waals surface area contributed by atoms with Gasteiger partial charge in [-0.3, -0.25) is 4.90 Å². The summed E-state index contributed by atoms with van der Waals surface area (Å²) in [6.45, 7) is 9.96. The Morgan fingerprint density at radius 2 is 1.59 bits per heavy atom. The summed E-state index contributed by atoms with van der Waals surface area (Å²) in [6, 6.07) is 21.2. The summed E-state index contributed by atoms with van der Waals surface area (Å²) >= 11 is 0. The van der Waals surface area contributed by atoms with Crippen LogP contribution in [0.5, 0.6) is 0 Å². The summed E-state index contributed by atoms with van der Waals surface area (Å²) in [6.07, 6.45) is 0. The van der Waals surface area contributed by atoms with Crippen molar-refractivity contribution in [2.45, 2.75) is 26.9 Å². The average molecular weight is 388 g/mol. The molecule has 1 fully saturated rings. The van der Waals surface area contributed by atoms with E-state index in [0.717, 1.165) is 56.7 Å². The van der Waals surface area contributed by atoms with Gasteiger partial charge in [0.25, 0.3) is 0 Å². The lowest BCUT2D eigenvalue weighted by Gasteiger charge is -2.35. The number of benzene rings is 2. The maximum absolute atomic E-state index is 4.70. The Morgan fingerprint density at radius 3 is 2.34 bits per heavy atom. The van der Waals surface area contributed by atoms with Gasteiger partial charge in [0, 0.05) is 45.3 Å². The third kappa shape index (κ3) is 5.12. The van der Waals surface area contributed by atoms with E-state index < -0.39 is 0 Å². The van der Waals surface area contributed by atoms with E-state index in [4.69, 9.17) is 4.98 Å². The van der Waals surface area contributed by atoms with Gasteiger partial charge in [-0.05, 0) is 30.5 Å². The molecule has 0 unspecified atom stereocenters. The van der Waals surface area contributed by atoms with Gasteiger partial charge in [-0.15, -0.1) is 0 Å². The molecule has 150 valence electrons. The van der Waals surface area contributed by atoms with Crippen molar-refractivity contribution in [3.63, 3.8) is 0 Å². The van der Waals surface area contributed by atoms with E-state index in [-0.39, 0.29) is 0 Å². The van der Waals surface area contributed by atoms with Crippen LogP contribution in [-0.4, -0.2) is 41.0 Å². The number of anilines is 2. The van der Waals surface area contributed by atoms with Gasteiger partial charge in [-0.2, -0.15) is 0 Å². The average Bonchev–Trinajstić information content (AvgIpc) is 2.74. The summed E-state index contributed by atoms with van der Waals surface area (Å²) in [5, 5.41) is 3.48. The molecule has 0 amide bonds. The highest BCUT2D eigenvalue weighted by molar-refractivity contribution is 5.50. The van der Waals surface area contributed by atoms with Crippen molar-refractivity contribution < 1.29 is 0 Å². The minimum atomic E-state index is 0.771. The molecule has 1 saturated heterocycles. The van der Waals surface area contributed by atoms with Crippen LogP contribution in [0.15, 0.2) is 60.7 Å². The van der Waals surface area contributed by atoms with Crippen LogP contribution in [0.25, 0.3) is 0 Å². The van der Waals surface area contributed by atoms with Gasteiger partial charge in [0.2, 0.25) is 0 Å². The Kier molecular flexibility index (Phi) is 6.06. The van der Waals surface area contributed by atoms with Crippen molar-refractivity contribution in [2.24, 2.45) is 0 Å². The maximum Gasteiger partial charge on any atom is 0.134 e. The summed E-state index contributed by atoms with van der Waals surface area (Å²) in [5.41, 5.74) is 3.96. The summed E-state index contributed by atoms with van der Waals surface area (Å²) in [4.78, 5) is 14.2. The molecule has 29 heavy (non-hydrogen) atoms. The van der Waals surface area contributed by atoms with Crippen molar-refractivity contribution in [2.75, 3.05) is 36.4 Å². The van der Waals surface area contributed by atoms with Crippen molar-refractivity contribution in [3.05, 3.63) is 83.2 Å². The topological polar surface area (TPSA) is 44.3 Å². The van der Waals surface area contributed by atoms with Gasteiger partial charge in [0.15, 0.2) is 0 Å². The second kappa shape index (κ2) is 9.05. The van der Waals surface area contributed by atoms with Crippen molar-refractivity contribution in [1.29, 1.82) is 0 Å². The van der Waals surface area contributed by atoms with Crippen LogP contribution in [0.1, 0.15) is 22.5 Å². The highest BCUT2D eigenvalue weighted by atomic mass is 15.3. The summed E-state index contributed by atoms with van der Waals surface area (Å²) in [7, 11) is 0. The molecule has 1 aliphatic heterocycles. The lowest BCUT2D eigenvalue weighted by molar-refractivity contribution is 0.249. The number of hydrogen-bond donors (Lipinski definition) is 1. The van der Waals surface area contributed by atoms with Gasteiger partial charge >= 0.3 is 0 Å².